The Morgan fingerprint density at radius 1 is 1.37 bits per heavy atom. The molecule has 1 fully saturated rings. The predicted octanol–water partition coefficient (Wildman–Crippen LogP) is 5.93. The molecule has 190 valence electrons. The van der Waals surface area contributed by atoms with Crippen molar-refractivity contribution in [2.24, 2.45) is 0 Å². The van der Waals surface area contributed by atoms with Gasteiger partial charge in [-0.3, -0.25) is 0 Å². The van der Waals surface area contributed by atoms with Gasteiger partial charge in [-0.15, -0.1) is 11.3 Å². The number of benzene rings is 1. The van der Waals surface area contributed by atoms with Crippen molar-refractivity contribution in [2.75, 3.05) is 13.2 Å². The Labute approximate surface area is 215 Å². The largest absolute Gasteiger partial charge is 0.459 e. The average Bonchev–Trinajstić information content (AvgIpc) is 3.27. The molecular weight excluding hydrogens is 544 g/mol. The highest BCUT2D eigenvalue weighted by Crippen LogP contribution is 2.34. The number of hydrogen-bond donors (Lipinski definition) is 1. The normalized spacial score (nSPS) is 17.6. The zero-order valence-electron chi connectivity index (χ0n) is 19.5. The van der Waals surface area contributed by atoms with E-state index in [4.69, 9.17) is 9.47 Å². The molecule has 0 unspecified atom stereocenters. The quantitative estimate of drug-likeness (QED) is 0.282. The number of amides is 1. The van der Waals surface area contributed by atoms with Gasteiger partial charge in [0.15, 0.2) is 0 Å². The second kappa shape index (κ2) is 12.1. The van der Waals surface area contributed by atoms with Crippen LogP contribution < -0.4 is 0 Å². The van der Waals surface area contributed by atoms with Crippen LogP contribution in [0.3, 0.4) is 0 Å². The van der Waals surface area contributed by atoms with Gasteiger partial charge in [0, 0.05) is 27.9 Å². The molecule has 1 aromatic heterocycles. The van der Waals surface area contributed by atoms with Crippen LogP contribution in [0.15, 0.2) is 53.0 Å². The highest BCUT2D eigenvalue weighted by atomic mass is 79.9. The first-order valence-electron chi connectivity index (χ1n) is 11.3. The molecule has 1 aliphatic rings. The lowest BCUT2D eigenvalue weighted by atomic mass is 10.0. The number of rotatable bonds is 10. The molecule has 0 spiro atoms. The van der Waals surface area contributed by atoms with Gasteiger partial charge in [0.05, 0.1) is 18.8 Å². The van der Waals surface area contributed by atoms with Gasteiger partial charge >= 0.3 is 18.0 Å². The van der Waals surface area contributed by atoms with Crippen molar-refractivity contribution in [3.63, 3.8) is 0 Å². The van der Waals surface area contributed by atoms with Crippen LogP contribution in [0.5, 0.6) is 0 Å². The topological polar surface area (TPSA) is 76.1 Å². The lowest BCUT2D eigenvalue weighted by molar-refractivity contribution is -0.0930. The fraction of sp³-hybridized carbons (Fsp3) is 0.440. The van der Waals surface area contributed by atoms with E-state index < -0.39 is 24.2 Å². The van der Waals surface area contributed by atoms with Crippen LogP contribution in [0, 0.1) is 0 Å². The zero-order valence-corrected chi connectivity index (χ0v) is 21.9. The zero-order chi connectivity index (χ0) is 25.6. The number of carbonyl (C=O) groups is 2. The Balaban J connectivity index is 1.60. The summed E-state index contributed by atoms with van der Waals surface area (Å²) in [7, 11) is 0. The van der Waals surface area contributed by atoms with Crippen LogP contribution in [-0.2, 0) is 21.8 Å². The third-order valence-corrected chi connectivity index (χ3v) is 7.02. The van der Waals surface area contributed by atoms with Gasteiger partial charge in [0.2, 0.25) is 0 Å². The van der Waals surface area contributed by atoms with Crippen molar-refractivity contribution < 1.29 is 33.0 Å². The third-order valence-electron chi connectivity index (χ3n) is 5.40. The number of thiophene rings is 1. The lowest BCUT2D eigenvalue weighted by Gasteiger charge is -2.33. The number of ether oxygens (including phenoxy) is 2. The number of halogens is 3. The van der Waals surface area contributed by atoms with Crippen molar-refractivity contribution in [1.29, 1.82) is 0 Å². The number of cyclic esters (lactones) is 1. The van der Waals surface area contributed by atoms with Crippen LogP contribution >= 0.6 is 27.3 Å². The van der Waals surface area contributed by atoms with Gasteiger partial charge in [-0.05, 0) is 51.0 Å². The maximum Gasteiger partial charge on any atom is 0.410 e. The van der Waals surface area contributed by atoms with E-state index in [9.17, 15) is 23.5 Å². The summed E-state index contributed by atoms with van der Waals surface area (Å²) >= 11 is 4.51. The van der Waals surface area contributed by atoms with Crippen molar-refractivity contribution in [1.82, 2.24) is 4.90 Å². The summed E-state index contributed by atoms with van der Waals surface area (Å²) < 4.78 is 40.3. The first-order chi connectivity index (χ1) is 16.6. The number of esters is 1. The van der Waals surface area contributed by atoms with E-state index in [0.717, 1.165) is 11.0 Å². The number of aliphatic hydroxyl groups is 1. The second-order valence-corrected chi connectivity index (χ2v) is 10.5. The fourth-order valence-electron chi connectivity index (χ4n) is 3.64. The molecule has 2 aromatic rings. The molecule has 6 nitrogen and oxygen atoms in total. The smallest absolute Gasteiger partial charge is 0.410 e. The number of hydrogen-bond acceptors (Lipinski definition) is 6. The summed E-state index contributed by atoms with van der Waals surface area (Å²) in [4.78, 5) is 27.3. The van der Waals surface area contributed by atoms with E-state index in [1.807, 2.05) is 6.07 Å². The number of alkyl halides is 2. The van der Waals surface area contributed by atoms with E-state index in [1.165, 1.54) is 40.5 Å². The molecule has 0 saturated carbocycles. The third kappa shape index (κ3) is 7.35. The predicted molar refractivity (Wildman–Crippen MR) is 133 cm³/mol. The minimum atomic E-state index is -3.49. The van der Waals surface area contributed by atoms with Gasteiger partial charge in [0.25, 0.3) is 0 Å². The molecule has 1 saturated heterocycles. The molecule has 1 amide bonds. The standard InChI is InChI=1S/C25H28BrF2NO5S/c1-16(2)34-23(31)21-10-9-20(35-21)7-4-13-29-19(12-14-33-24(29)32)8-11-22(30)25(27,28)17-5-3-6-18(26)15-17/h3,5-6,8-11,15-16,19,22,30H,4,7,12-14H2,1-2H3/t19-,22+/m0/s1. The van der Waals surface area contributed by atoms with Gasteiger partial charge in [-0.2, -0.15) is 8.78 Å². The number of aryl methyl sites for hydroxylation is 1. The lowest BCUT2D eigenvalue weighted by Crippen LogP contribution is -2.45. The summed E-state index contributed by atoms with van der Waals surface area (Å²) in [6.45, 7) is 4.09. The van der Waals surface area contributed by atoms with Gasteiger partial charge in [-0.25, -0.2) is 9.59 Å². The number of nitrogens with zero attached hydrogens (tertiary/aromatic N) is 1. The number of carbonyl (C=O) groups excluding carboxylic acids is 2. The fourth-order valence-corrected chi connectivity index (χ4v) is 4.97. The molecule has 0 aliphatic carbocycles. The SMILES string of the molecule is CC(C)OC(=O)c1ccc(CCCN2C(=O)OCC[C@@H]2C=C[C@@H](O)C(F)(F)c2cccc(Br)c2)s1. The maximum atomic E-state index is 14.7. The van der Waals surface area contributed by atoms with Gasteiger partial charge in [-0.1, -0.05) is 40.2 Å². The Morgan fingerprint density at radius 2 is 2.14 bits per heavy atom. The van der Waals surface area contributed by atoms with E-state index >= 15 is 0 Å². The second-order valence-electron chi connectivity index (χ2n) is 8.45. The minimum Gasteiger partial charge on any atom is -0.459 e. The molecule has 1 aromatic carbocycles. The Hall–Kier alpha value is -2.30. The number of aliphatic hydroxyl groups excluding tert-OH is 1. The molecule has 1 aliphatic heterocycles. The monoisotopic (exact) mass is 571 g/mol. The average molecular weight is 572 g/mol. The highest BCUT2D eigenvalue weighted by Gasteiger charge is 2.39. The molecule has 2 atom stereocenters. The summed E-state index contributed by atoms with van der Waals surface area (Å²) in [5.74, 6) is -3.85. The minimum absolute atomic E-state index is 0.175. The summed E-state index contributed by atoms with van der Waals surface area (Å²) in [5.41, 5.74) is -0.309. The Bertz CT molecular complexity index is 1060. The first-order valence-corrected chi connectivity index (χ1v) is 12.9. The molecule has 35 heavy (non-hydrogen) atoms. The molecule has 2 heterocycles. The Morgan fingerprint density at radius 3 is 2.86 bits per heavy atom. The van der Waals surface area contributed by atoms with Crippen LogP contribution in [0.25, 0.3) is 0 Å². The molecule has 0 bridgehead atoms. The van der Waals surface area contributed by atoms with Crippen LogP contribution in [-0.4, -0.2) is 53.5 Å². The van der Waals surface area contributed by atoms with Crippen molar-refractivity contribution in [2.45, 2.75) is 57.3 Å². The summed E-state index contributed by atoms with van der Waals surface area (Å²) in [6, 6.07) is 8.73. The van der Waals surface area contributed by atoms with Gasteiger partial charge < -0.3 is 19.5 Å². The highest BCUT2D eigenvalue weighted by molar-refractivity contribution is 9.10. The molecule has 3 rings (SSSR count). The van der Waals surface area contributed by atoms with Crippen LogP contribution in [0.2, 0.25) is 0 Å². The molecule has 1 N–H and O–H groups in total. The van der Waals surface area contributed by atoms with Crippen LogP contribution in [0.4, 0.5) is 13.6 Å². The van der Waals surface area contributed by atoms with Crippen molar-refractivity contribution in [3.05, 3.63) is 68.3 Å². The Kier molecular flexibility index (Phi) is 9.43. The van der Waals surface area contributed by atoms with Crippen LogP contribution in [0.1, 0.15) is 46.8 Å². The van der Waals surface area contributed by atoms with Gasteiger partial charge in [0.1, 0.15) is 11.0 Å². The molecule has 10 heteroatoms. The van der Waals surface area contributed by atoms with E-state index in [-0.39, 0.29) is 24.2 Å². The van der Waals surface area contributed by atoms with E-state index in [0.29, 0.717) is 35.2 Å². The van der Waals surface area contributed by atoms with E-state index in [2.05, 4.69) is 15.9 Å². The van der Waals surface area contributed by atoms with Crippen molar-refractivity contribution in [3.8, 4) is 0 Å². The summed E-state index contributed by atoms with van der Waals surface area (Å²) in [5, 5.41) is 10.2. The molecule has 0 radical (unpaired) electrons. The first kappa shape index (κ1) is 27.3. The summed E-state index contributed by atoms with van der Waals surface area (Å²) in [6.07, 6.45) is 1.38. The van der Waals surface area contributed by atoms with Crippen molar-refractivity contribution >= 4 is 39.3 Å². The molecular formula is C25H28BrF2NO5S. The van der Waals surface area contributed by atoms with E-state index in [1.54, 1.807) is 26.0 Å². The maximum absolute atomic E-state index is 14.7.